The highest BCUT2D eigenvalue weighted by Gasteiger charge is 2.16. The Bertz CT molecular complexity index is 1360. The van der Waals surface area contributed by atoms with E-state index < -0.39 is 15.9 Å². The van der Waals surface area contributed by atoms with E-state index in [9.17, 15) is 18.3 Å². The van der Waals surface area contributed by atoms with Crippen molar-refractivity contribution in [3.05, 3.63) is 71.6 Å². The van der Waals surface area contributed by atoms with Crippen LogP contribution >= 0.6 is 11.3 Å². The van der Waals surface area contributed by atoms with Gasteiger partial charge in [-0.1, -0.05) is 24.3 Å². The fourth-order valence-electron chi connectivity index (χ4n) is 2.91. The van der Waals surface area contributed by atoms with Crippen LogP contribution in [0.4, 0.5) is 11.4 Å². The summed E-state index contributed by atoms with van der Waals surface area (Å²) in [5.41, 5.74) is 1.53. The van der Waals surface area contributed by atoms with Crippen molar-refractivity contribution in [2.75, 3.05) is 4.72 Å². The second-order valence-electron chi connectivity index (χ2n) is 6.37. The number of carbonyl (C=O) groups excluding carboxylic acids is 1. The van der Waals surface area contributed by atoms with Gasteiger partial charge in [-0.3, -0.25) is 9.52 Å². The number of carbonyl (C=O) groups is 1. The van der Waals surface area contributed by atoms with Crippen LogP contribution in [0.1, 0.15) is 10.4 Å². The molecule has 2 aromatic carbocycles. The molecule has 152 valence electrons. The Balaban J connectivity index is 1.53. The van der Waals surface area contributed by atoms with Gasteiger partial charge in [-0.2, -0.15) is 0 Å². The van der Waals surface area contributed by atoms with Crippen molar-refractivity contribution in [2.45, 2.75) is 4.21 Å². The number of rotatable bonds is 5. The number of aryl methyl sites for hydroxylation is 1. The molecule has 4 aromatic rings. The summed E-state index contributed by atoms with van der Waals surface area (Å²) in [5, 5.41) is 20.3. The van der Waals surface area contributed by atoms with Gasteiger partial charge in [0.15, 0.2) is 5.69 Å². The molecule has 0 bridgehead atoms. The Morgan fingerprint density at radius 1 is 1.07 bits per heavy atom. The molecule has 0 saturated carbocycles. The van der Waals surface area contributed by atoms with E-state index in [4.69, 9.17) is 0 Å². The summed E-state index contributed by atoms with van der Waals surface area (Å²) in [6.45, 7) is 0. The third-order valence-corrected chi connectivity index (χ3v) is 7.21. The van der Waals surface area contributed by atoms with E-state index in [0.717, 1.165) is 16.9 Å². The van der Waals surface area contributed by atoms with Crippen molar-refractivity contribution in [1.82, 2.24) is 4.57 Å². The van der Waals surface area contributed by atoms with Crippen molar-refractivity contribution in [2.24, 2.45) is 17.3 Å². The van der Waals surface area contributed by atoms with Gasteiger partial charge >= 0.3 is 0 Å². The SMILES string of the molecule is Cn1c(O)c(N=NC(=O)c2ccc(NS(=O)(=O)c3cccs3)cc2)c2ccccc21. The largest absolute Gasteiger partial charge is 0.493 e. The molecular formula is C20H16N4O4S2. The lowest BCUT2D eigenvalue weighted by Crippen LogP contribution is -2.11. The number of nitrogens with zero attached hydrogens (tertiary/aromatic N) is 3. The number of thiophene rings is 1. The van der Waals surface area contributed by atoms with Crippen LogP contribution in [0.25, 0.3) is 10.9 Å². The number of aromatic hydroxyl groups is 1. The first-order valence-electron chi connectivity index (χ1n) is 8.75. The zero-order valence-corrected chi connectivity index (χ0v) is 17.3. The van der Waals surface area contributed by atoms with Crippen LogP contribution in [0, 0.1) is 0 Å². The Morgan fingerprint density at radius 2 is 1.80 bits per heavy atom. The maximum atomic E-state index is 12.4. The van der Waals surface area contributed by atoms with Gasteiger partial charge in [-0.05, 0) is 41.8 Å². The molecule has 4 rings (SSSR count). The van der Waals surface area contributed by atoms with E-state index in [0.29, 0.717) is 11.1 Å². The Morgan fingerprint density at radius 3 is 2.50 bits per heavy atom. The number of nitrogens with one attached hydrogen (secondary N) is 1. The molecule has 0 radical (unpaired) electrons. The zero-order valence-electron chi connectivity index (χ0n) is 15.7. The second kappa shape index (κ2) is 7.73. The molecule has 10 heteroatoms. The number of hydrogen-bond acceptors (Lipinski definition) is 6. The molecule has 0 aliphatic heterocycles. The molecule has 0 unspecified atom stereocenters. The predicted octanol–water partition coefficient (Wildman–Crippen LogP) is 4.67. The van der Waals surface area contributed by atoms with E-state index in [2.05, 4.69) is 15.0 Å². The smallest absolute Gasteiger partial charge is 0.295 e. The summed E-state index contributed by atoms with van der Waals surface area (Å²) in [5.74, 6) is -0.707. The molecule has 30 heavy (non-hydrogen) atoms. The molecule has 0 aliphatic carbocycles. The highest BCUT2D eigenvalue weighted by Crippen LogP contribution is 2.37. The van der Waals surface area contributed by atoms with Gasteiger partial charge in [0.1, 0.15) is 4.21 Å². The summed E-state index contributed by atoms with van der Waals surface area (Å²) in [6, 6.07) is 16.3. The standard InChI is InChI=1S/C20H16N4O4S2/c1-24-16-6-3-2-5-15(16)18(20(24)26)21-22-19(25)13-8-10-14(11-9-13)23-30(27,28)17-7-4-12-29-17/h2-12,23,26H,1H3. The maximum absolute atomic E-state index is 12.4. The number of amides is 1. The number of benzene rings is 2. The maximum Gasteiger partial charge on any atom is 0.295 e. The second-order valence-corrected chi connectivity index (χ2v) is 9.23. The summed E-state index contributed by atoms with van der Waals surface area (Å²) in [7, 11) is -1.97. The van der Waals surface area contributed by atoms with Crippen molar-refractivity contribution in [3.8, 4) is 5.88 Å². The Labute approximate surface area is 176 Å². The van der Waals surface area contributed by atoms with E-state index in [1.54, 1.807) is 35.2 Å². The highest BCUT2D eigenvalue weighted by atomic mass is 32.2. The normalized spacial score (nSPS) is 11.9. The van der Waals surface area contributed by atoms with Crippen LogP contribution in [0.15, 0.2) is 80.5 Å². The van der Waals surface area contributed by atoms with Gasteiger partial charge in [0, 0.05) is 23.7 Å². The number of hydrogen-bond donors (Lipinski definition) is 2. The molecule has 0 saturated heterocycles. The Hall–Kier alpha value is -3.50. The van der Waals surface area contributed by atoms with Gasteiger partial charge in [0.2, 0.25) is 5.88 Å². The third kappa shape index (κ3) is 3.70. The monoisotopic (exact) mass is 440 g/mol. The molecule has 1 amide bonds. The van der Waals surface area contributed by atoms with Crippen LogP contribution in [-0.4, -0.2) is 24.0 Å². The third-order valence-electron chi connectivity index (χ3n) is 4.43. The molecule has 0 fully saturated rings. The van der Waals surface area contributed by atoms with Gasteiger partial charge in [0.05, 0.1) is 5.52 Å². The minimum absolute atomic E-state index is 0.0916. The number of para-hydroxylation sites is 1. The number of azo groups is 1. The zero-order chi connectivity index (χ0) is 21.3. The van der Waals surface area contributed by atoms with Gasteiger partial charge in [-0.15, -0.1) is 21.6 Å². The number of aromatic nitrogens is 1. The quantitative estimate of drug-likeness (QED) is 0.439. The predicted molar refractivity (Wildman–Crippen MR) is 115 cm³/mol. The topological polar surface area (TPSA) is 113 Å². The van der Waals surface area contributed by atoms with Crippen molar-refractivity contribution < 1.29 is 18.3 Å². The summed E-state index contributed by atoms with van der Waals surface area (Å²) in [4.78, 5) is 12.4. The lowest BCUT2D eigenvalue weighted by atomic mass is 10.2. The fraction of sp³-hybridized carbons (Fsp3) is 0.0500. The molecule has 0 atom stereocenters. The summed E-state index contributed by atoms with van der Waals surface area (Å²) < 4.78 is 28.7. The van der Waals surface area contributed by atoms with E-state index >= 15 is 0 Å². The minimum atomic E-state index is -3.66. The molecule has 2 N–H and O–H groups in total. The van der Waals surface area contributed by atoms with Crippen LogP contribution in [0.5, 0.6) is 5.88 Å². The van der Waals surface area contributed by atoms with Crippen LogP contribution in [0.2, 0.25) is 0 Å². The van der Waals surface area contributed by atoms with Crippen molar-refractivity contribution in [1.29, 1.82) is 0 Å². The number of anilines is 1. The number of fused-ring (bicyclic) bond motifs is 1. The van der Waals surface area contributed by atoms with Crippen LogP contribution in [-0.2, 0) is 17.1 Å². The summed E-state index contributed by atoms with van der Waals surface area (Å²) in [6.07, 6.45) is 0. The van der Waals surface area contributed by atoms with E-state index in [1.165, 1.54) is 30.3 Å². The average molecular weight is 441 g/mol. The molecule has 2 aromatic heterocycles. The van der Waals surface area contributed by atoms with E-state index in [1.807, 2.05) is 12.1 Å². The van der Waals surface area contributed by atoms with Gasteiger partial charge in [-0.25, -0.2) is 8.42 Å². The highest BCUT2D eigenvalue weighted by molar-refractivity contribution is 7.94. The van der Waals surface area contributed by atoms with Gasteiger partial charge < -0.3 is 9.67 Å². The lowest BCUT2D eigenvalue weighted by Gasteiger charge is -2.06. The first-order valence-corrected chi connectivity index (χ1v) is 11.1. The fourth-order valence-corrected chi connectivity index (χ4v) is 4.97. The molecule has 0 aliphatic rings. The summed E-state index contributed by atoms with van der Waals surface area (Å²) >= 11 is 1.11. The lowest BCUT2D eigenvalue weighted by molar-refractivity contribution is 0.0995. The van der Waals surface area contributed by atoms with Crippen molar-refractivity contribution >= 4 is 49.5 Å². The Kier molecular flexibility index (Phi) is 5.10. The number of sulfonamides is 1. The first-order chi connectivity index (χ1) is 14.4. The molecule has 2 heterocycles. The van der Waals surface area contributed by atoms with Crippen molar-refractivity contribution in [3.63, 3.8) is 0 Å². The molecular weight excluding hydrogens is 424 g/mol. The van der Waals surface area contributed by atoms with E-state index in [-0.39, 0.29) is 21.3 Å². The minimum Gasteiger partial charge on any atom is -0.493 e. The first kappa shape index (κ1) is 19.8. The van der Waals surface area contributed by atoms with Crippen LogP contribution in [0.3, 0.4) is 0 Å². The van der Waals surface area contributed by atoms with Gasteiger partial charge in [0.25, 0.3) is 15.9 Å². The molecule has 0 spiro atoms. The molecule has 8 nitrogen and oxygen atoms in total. The van der Waals surface area contributed by atoms with Crippen LogP contribution < -0.4 is 4.72 Å². The average Bonchev–Trinajstić information content (AvgIpc) is 3.36.